The third kappa shape index (κ3) is 2.44. The summed E-state index contributed by atoms with van der Waals surface area (Å²) in [5, 5.41) is 3.56. The number of nitrogens with one attached hydrogen (secondary N) is 1. The number of hydrogen-bond donors (Lipinski definition) is 2. The van der Waals surface area contributed by atoms with Crippen LogP contribution in [0.4, 0.5) is 5.69 Å². The maximum atomic E-state index is 11.9. The first-order chi connectivity index (χ1) is 8.67. The van der Waals surface area contributed by atoms with Crippen LogP contribution in [0.15, 0.2) is 18.2 Å². The predicted molar refractivity (Wildman–Crippen MR) is 73.8 cm³/mol. The highest BCUT2D eigenvalue weighted by molar-refractivity contribution is 6.30. The van der Waals surface area contributed by atoms with Crippen molar-refractivity contribution in [3.63, 3.8) is 0 Å². The van der Waals surface area contributed by atoms with Gasteiger partial charge in [0, 0.05) is 30.3 Å². The van der Waals surface area contributed by atoms with Gasteiger partial charge in [0.2, 0.25) is 5.91 Å². The minimum atomic E-state index is -0.137. The number of amides is 1. The summed E-state index contributed by atoms with van der Waals surface area (Å²) in [4.78, 5) is 14.0. The van der Waals surface area contributed by atoms with Gasteiger partial charge in [-0.05, 0) is 24.1 Å². The van der Waals surface area contributed by atoms with E-state index < -0.39 is 0 Å². The second-order valence-corrected chi connectivity index (χ2v) is 4.82. The average Bonchev–Trinajstić information content (AvgIpc) is 2.38. The zero-order valence-electron chi connectivity index (χ0n) is 10.4. The molecule has 1 aliphatic rings. The molecule has 1 aromatic rings. The van der Waals surface area contributed by atoms with Crippen molar-refractivity contribution in [2.45, 2.75) is 25.9 Å². The molecule has 1 unspecified atom stereocenters. The molecular weight excluding hydrogens is 250 g/mol. The van der Waals surface area contributed by atoms with Crippen molar-refractivity contribution < 1.29 is 4.79 Å². The van der Waals surface area contributed by atoms with Gasteiger partial charge in [0.1, 0.15) is 6.04 Å². The normalized spacial score (nSPS) is 19.8. The molecule has 1 atom stereocenters. The van der Waals surface area contributed by atoms with E-state index in [0.29, 0.717) is 18.1 Å². The largest absolute Gasteiger partial charge is 0.357 e. The van der Waals surface area contributed by atoms with Crippen LogP contribution in [-0.4, -0.2) is 25.0 Å². The van der Waals surface area contributed by atoms with Crippen LogP contribution in [0.1, 0.15) is 18.9 Å². The van der Waals surface area contributed by atoms with E-state index in [1.807, 2.05) is 25.1 Å². The Labute approximate surface area is 112 Å². The zero-order chi connectivity index (χ0) is 13.1. The smallest absolute Gasteiger partial charge is 0.242 e. The molecule has 4 nitrogen and oxygen atoms in total. The van der Waals surface area contributed by atoms with Crippen LogP contribution >= 0.6 is 11.6 Å². The van der Waals surface area contributed by atoms with E-state index in [2.05, 4.69) is 10.2 Å². The molecule has 1 amide bonds. The summed E-state index contributed by atoms with van der Waals surface area (Å²) in [5.41, 5.74) is 7.76. The summed E-state index contributed by atoms with van der Waals surface area (Å²) in [5.74, 6) is 0.0756. The van der Waals surface area contributed by atoms with Gasteiger partial charge in [-0.3, -0.25) is 4.79 Å². The molecule has 0 bridgehead atoms. The highest BCUT2D eigenvalue weighted by Gasteiger charge is 2.29. The molecule has 2 rings (SSSR count). The zero-order valence-corrected chi connectivity index (χ0v) is 11.2. The van der Waals surface area contributed by atoms with Crippen LogP contribution < -0.4 is 16.0 Å². The van der Waals surface area contributed by atoms with Gasteiger partial charge in [-0.15, -0.1) is 0 Å². The Kier molecular flexibility index (Phi) is 4.09. The number of rotatable bonds is 3. The fourth-order valence-corrected chi connectivity index (χ4v) is 2.55. The number of halogens is 1. The summed E-state index contributed by atoms with van der Waals surface area (Å²) in [6.45, 7) is 3.90. The third-order valence-electron chi connectivity index (χ3n) is 3.29. The van der Waals surface area contributed by atoms with Gasteiger partial charge in [-0.2, -0.15) is 0 Å². The molecule has 0 radical (unpaired) electrons. The lowest BCUT2D eigenvalue weighted by molar-refractivity contribution is -0.123. The predicted octanol–water partition coefficient (Wildman–Crippen LogP) is 1.51. The van der Waals surface area contributed by atoms with Crippen molar-refractivity contribution >= 4 is 23.2 Å². The molecule has 0 saturated carbocycles. The Morgan fingerprint density at radius 1 is 1.56 bits per heavy atom. The first-order valence-corrected chi connectivity index (χ1v) is 6.58. The first kappa shape index (κ1) is 13.2. The van der Waals surface area contributed by atoms with E-state index in [1.165, 1.54) is 0 Å². The van der Waals surface area contributed by atoms with Gasteiger partial charge in [-0.1, -0.05) is 24.6 Å². The van der Waals surface area contributed by atoms with Gasteiger partial charge in [0.15, 0.2) is 0 Å². The number of nitrogens with zero attached hydrogens (tertiary/aromatic N) is 1. The summed E-state index contributed by atoms with van der Waals surface area (Å²) in [6, 6.07) is 5.52. The summed E-state index contributed by atoms with van der Waals surface area (Å²) >= 11 is 6.05. The SMILES string of the molecule is CCC1C(=O)NCCN1c1cc(Cl)ccc1CN. The van der Waals surface area contributed by atoms with Gasteiger partial charge in [0.25, 0.3) is 0 Å². The molecule has 18 heavy (non-hydrogen) atoms. The lowest BCUT2D eigenvalue weighted by Gasteiger charge is -2.37. The molecule has 1 aromatic carbocycles. The molecule has 1 saturated heterocycles. The van der Waals surface area contributed by atoms with Crippen LogP contribution in [0.5, 0.6) is 0 Å². The van der Waals surface area contributed by atoms with Crippen LogP contribution in [-0.2, 0) is 11.3 Å². The number of nitrogens with two attached hydrogens (primary N) is 1. The molecule has 3 N–H and O–H groups in total. The molecule has 0 aromatic heterocycles. The van der Waals surface area contributed by atoms with Crippen molar-refractivity contribution in [1.29, 1.82) is 0 Å². The van der Waals surface area contributed by atoms with Crippen molar-refractivity contribution in [3.8, 4) is 0 Å². The van der Waals surface area contributed by atoms with E-state index in [-0.39, 0.29) is 11.9 Å². The highest BCUT2D eigenvalue weighted by atomic mass is 35.5. The fourth-order valence-electron chi connectivity index (χ4n) is 2.39. The molecular formula is C13H18ClN3O. The Bertz CT molecular complexity index is 450. The minimum absolute atomic E-state index is 0.0756. The number of carbonyl (C=O) groups is 1. The fraction of sp³-hybridized carbons (Fsp3) is 0.462. The summed E-state index contributed by atoms with van der Waals surface area (Å²) in [7, 11) is 0. The topological polar surface area (TPSA) is 58.4 Å². The number of carbonyl (C=O) groups excluding carboxylic acids is 1. The number of benzene rings is 1. The maximum Gasteiger partial charge on any atom is 0.242 e. The molecule has 0 aliphatic carbocycles. The van der Waals surface area contributed by atoms with Crippen LogP contribution in [0.3, 0.4) is 0 Å². The molecule has 1 aliphatic heterocycles. The Morgan fingerprint density at radius 2 is 2.33 bits per heavy atom. The van der Waals surface area contributed by atoms with Crippen LogP contribution in [0.25, 0.3) is 0 Å². The number of piperazine rings is 1. The standard InChI is InChI=1S/C13H18ClN3O/c1-2-11-13(18)16-5-6-17(11)12-7-10(14)4-3-9(12)8-15/h3-4,7,11H,2,5-6,8,15H2,1H3,(H,16,18). The summed E-state index contributed by atoms with van der Waals surface area (Å²) in [6.07, 6.45) is 0.766. The van der Waals surface area contributed by atoms with Crippen molar-refractivity contribution in [2.24, 2.45) is 5.73 Å². The first-order valence-electron chi connectivity index (χ1n) is 6.20. The van der Waals surface area contributed by atoms with Crippen molar-refractivity contribution in [2.75, 3.05) is 18.0 Å². The van der Waals surface area contributed by atoms with Gasteiger partial charge >= 0.3 is 0 Å². The van der Waals surface area contributed by atoms with Crippen molar-refractivity contribution in [1.82, 2.24) is 5.32 Å². The molecule has 1 fully saturated rings. The quantitative estimate of drug-likeness (QED) is 0.873. The van der Waals surface area contributed by atoms with Crippen LogP contribution in [0, 0.1) is 0 Å². The lowest BCUT2D eigenvalue weighted by atomic mass is 10.1. The van der Waals surface area contributed by atoms with Crippen molar-refractivity contribution in [3.05, 3.63) is 28.8 Å². The highest BCUT2D eigenvalue weighted by Crippen LogP contribution is 2.28. The lowest BCUT2D eigenvalue weighted by Crippen LogP contribution is -2.55. The van der Waals surface area contributed by atoms with E-state index in [1.54, 1.807) is 0 Å². The second kappa shape index (κ2) is 5.59. The third-order valence-corrected chi connectivity index (χ3v) is 3.53. The van der Waals surface area contributed by atoms with Gasteiger partial charge < -0.3 is 16.0 Å². The number of hydrogen-bond acceptors (Lipinski definition) is 3. The van der Waals surface area contributed by atoms with E-state index in [0.717, 1.165) is 24.2 Å². The van der Waals surface area contributed by atoms with E-state index in [9.17, 15) is 4.79 Å². The van der Waals surface area contributed by atoms with E-state index in [4.69, 9.17) is 17.3 Å². The average molecular weight is 268 g/mol. The monoisotopic (exact) mass is 267 g/mol. The molecule has 98 valence electrons. The Morgan fingerprint density at radius 3 is 3.00 bits per heavy atom. The van der Waals surface area contributed by atoms with Crippen LogP contribution in [0.2, 0.25) is 5.02 Å². The second-order valence-electron chi connectivity index (χ2n) is 4.39. The molecule has 5 heteroatoms. The Hall–Kier alpha value is -1.26. The molecule has 1 heterocycles. The minimum Gasteiger partial charge on any atom is -0.357 e. The Balaban J connectivity index is 2.39. The maximum absolute atomic E-state index is 11.9. The van der Waals surface area contributed by atoms with Gasteiger partial charge in [-0.25, -0.2) is 0 Å². The number of anilines is 1. The van der Waals surface area contributed by atoms with E-state index >= 15 is 0 Å². The summed E-state index contributed by atoms with van der Waals surface area (Å²) < 4.78 is 0. The van der Waals surface area contributed by atoms with Gasteiger partial charge in [0.05, 0.1) is 0 Å². The molecule has 0 spiro atoms.